The van der Waals surface area contributed by atoms with Crippen LogP contribution in [0.4, 0.5) is 5.82 Å². The van der Waals surface area contributed by atoms with Gasteiger partial charge in [-0.25, -0.2) is 4.98 Å². The van der Waals surface area contributed by atoms with E-state index in [1.807, 2.05) is 33.8 Å². The molecule has 21 heavy (non-hydrogen) atoms. The minimum Gasteiger partial charge on any atom is -0.407 e. The number of aryl methyl sites for hydroxylation is 1. The summed E-state index contributed by atoms with van der Waals surface area (Å²) in [6.07, 6.45) is 2.65. The smallest absolute Gasteiger partial charge is 0.407 e. The van der Waals surface area contributed by atoms with Gasteiger partial charge in [0.05, 0.1) is 0 Å². The zero-order valence-corrected chi connectivity index (χ0v) is 13.5. The van der Waals surface area contributed by atoms with Crippen molar-refractivity contribution < 1.29 is 14.1 Å². The summed E-state index contributed by atoms with van der Waals surface area (Å²) in [5.41, 5.74) is 1.40. The lowest BCUT2D eigenvalue weighted by Crippen LogP contribution is -2.42. The number of carbonyl (C=O) groups is 1. The first-order chi connectivity index (χ1) is 9.80. The van der Waals surface area contributed by atoms with Crippen LogP contribution in [0.5, 0.6) is 0 Å². The molecule has 2 heterocycles. The van der Waals surface area contributed by atoms with Gasteiger partial charge >= 0.3 is 7.12 Å². The van der Waals surface area contributed by atoms with Crippen LogP contribution in [0.25, 0.3) is 0 Å². The fraction of sp³-hybridized carbons (Fsp3) is 0.600. The van der Waals surface area contributed by atoms with Crippen LogP contribution >= 0.6 is 0 Å². The molecule has 0 spiro atoms. The average Bonchev–Trinajstić information content (AvgIpc) is 2.45. The van der Waals surface area contributed by atoms with E-state index in [2.05, 4.69) is 4.98 Å². The molecule has 1 aliphatic rings. The molecule has 5 nitrogen and oxygen atoms in total. The standard InChI is InChI=1S/C15H23BN2O3/c1-11-9-12(16-20-7-6-8-21-16)10-17-13(11)18(5)14(19)15(2,3)4/h9-10H,6-8H2,1-5H3. The summed E-state index contributed by atoms with van der Waals surface area (Å²) in [5, 5.41) is 0. The molecule has 0 saturated carbocycles. The molecule has 0 bridgehead atoms. The molecule has 1 aromatic heterocycles. The van der Waals surface area contributed by atoms with E-state index in [9.17, 15) is 4.79 Å². The van der Waals surface area contributed by atoms with Gasteiger partial charge in [0.1, 0.15) is 5.82 Å². The average molecular weight is 290 g/mol. The number of pyridine rings is 1. The van der Waals surface area contributed by atoms with Gasteiger partial charge in [0.25, 0.3) is 0 Å². The summed E-state index contributed by atoms with van der Waals surface area (Å²) in [7, 11) is 1.42. The predicted octanol–water partition coefficient (Wildman–Crippen LogP) is 1.53. The van der Waals surface area contributed by atoms with Crippen molar-refractivity contribution in [2.75, 3.05) is 25.2 Å². The van der Waals surface area contributed by atoms with Crippen LogP contribution in [0.3, 0.4) is 0 Å². The maximum absolute atomic E-state index is 12.3. The molecule has 1 aliphatic heterocycles. The molecule has 1 fully saturated rings. The fourth-order valence-corrected chi connectivity index (χ4v) is 2.35. The van der Waals surface area contributed by atoms with E-state index >= 15 is 0 Å². The minimum atomic E-state index is -0.433. The molecule has 1 amide bonds. The predicted molar refractivity (Wildman–Crippen MR) is 83.7 cm³/mol. The first-order valence-corrected chi connectivity index (χ1v) is 7.28. The van der Waals surface area contributed by atoms with Crippen molar-refractivity contribution in [1.29, 1.82) is 0 Å². The molecule has 0 aliphatic carbocycles. The Morgan fingerprint density at radius 3 is 2.48 bits per heavy atom. The number of hydrogen-bond acceptors (Lipinski definition) is 4. The SMILES string of the molecule is Cc1cc(B2OCCCO2)cnc1N(C)C(=O)C(C)(C)C. The van der Waals surface area contributed by atoms with Crippen LogP contribution in [-0.2, 0) is 14.1 Å². The summed E-state index contributed by atoms with van der Waals surface area (Å²) in [6.45, 7) is 9.06. The fourth-order valence-electron chi connectivity index (χ4n) is 2.35. The molecule has 0 atom stereocenters. The highest BCUT2D eigenvalue weighted by Crippen LogP contribution is 2.22. The maximum Gasteiger partial charge on any atom is 0.495 e. The molecule has 0 unspecified atom stereocenters. The summed E-state index contributed by atoms with van der Waals surface area (Å²) in [4.78, 5) is 18.4. The molecule has 0 aromatic carbocycles. The molecule has 6 heteroatoms. The van der Waals surface area contributed by atoms with Gasteiger partial charge in [-0.1, -0.05) is 26.8 Å². The van der Waals surface area contributed by atoms with Crippen molar-refractivity contribution in [2.45, 2.75) is 34.1 Å². The molecule has 1 aromatic rings. The second-order valence-electron chi connectivity index (χ2n) is 6.45. The highest BCUT2D eigenvalue weighted by Gasteiger charge is 2.29. The van der Waals surface area contributed by atoms with Gasteiger partial charge in [-0.05, 0) is 18.9 Å². The highest BCUT2D eigenvalue weighted by atomic mass is 16.6. The second-order valence-corrected chi connectivity index (χ2v) is 6.45. The number of hydrogen-bond donors (Lipinski definition) is 0. The lowest BCUT2D eigenvalue weighted by Gasteiger charge is -2.27. The van der Waals surface area contributed by atoms with Gasteiger partial charge in [0.2, 0.25) is 5.91 Å². The minimum absolute atomic E-state index is 0.0380. The number of rotatable bonds is 2. The second kappa shape index (κ2) is 6.16. The van der Waals surface area contributed by atoms with Gasteiger partial charge in [-0.3, -0.25) is 9.69 Å². The first-order valence-electron chi connectivity index (χ1n) is 7.28. The van der Waals surface area contributed by atoms with E-state index in [-0.39, 0.29) is 13.0 Å². The monoisotopic (exact) mass is 290 g/mol. The summed E-state index contributed by atoms with van der Waals surface area (Å²) in [6, 6.07) is 1.98. The maximum atomic E-state index is 12.3. The molecular formula is C15H23BN2O3. The van der Waals surface area contributed by atoms with Crippen molar-refractivity contribution in [3.8, 4) is 0 Å². The third kappa shape index (κ3) is 3.63. The molecular weight excluding hydrogens is 267 g/mol. The molecule has 114 valence electrons. The lowest BCUT2D eigenvalue weighted by atomic mass is 9.78. The van der Waals surface area contributed by atoms with Crippen LogP contribution < -0.4 is 10.4 Å². The van der Waals surface area contributed by atoms with Gasteiger partial charge in [-0.2, -0.15) is 0 Å². The number of nitrogens with zero attached hydrogens (tertiary/aromatic N) is 2. The van der Waals surface area contributed by atoms with E-state index in [1.54, 1.807) is 18.1 Å². The number of aromatic nitrogens is 1. The Morgan fingerprint density at radius 1 is 1.33 bits per heavy atom. The Bertz CT molecular complexity index is 522. The molecule has 0 N–H and O–H groups in total. The summed E-state index contributed by atoms with van der Waals surface area (Å²) < 4.78 is 11.2. The van der Waals surface area contributed by atoms with Crippen LogP contribution in [0, 0.1) is 12.3 Å². The summed E-state index contributed by atoms with van der Waals surface area (Å²) in [5.74, 6) is 0.713. The van der Waals surface area contributed by atoms with Gasteiger partial charge in [-0.15, -0.1) is 0 Å². The number of anilines is 1. The van der Waals surface area contributed by atoms with E-state index in [0.29, 0.717) is 19.0 Å². The van der Waals surface area contributed by atoms with Crippen LogP contribution in [-0.4, -0.2) is 38.3 Å². The lowest BCUT2D eigenvalue weighted by molar-refractivity contribution is -0.125. The van der Waals surface area contributed by atoms with Crippen molar-refractivity contribution in [1.82, 2.24) is 4.98 Å². The van der Waals surface area contributed by atoms with E-state index in [0.717, 1.165) is 17.4 Å². The quantitative estimate of drug-likeness (QED) is 0.775. The summed E-state index contributed by atoms with van der Waals surface area (Å²) >= 11 is 0. The molecule has 0 radical (unpaired) electrons. The zero-order valence-electron chi connectivity index (χ0n) is 13.5. The zero-order chi connectivity index (χ0) is 15.6. The molecule has 1 saturated heterocycles. The first kappa shape index (κ1) is 16.0. The van der Waals surface area contributed by atoms with Gasteiger partial charge in [0.15, 0.2) is 0 Å². The Balaban J connectivity index is 2.21. The largest absolute Gasteiger partial charge is 0.495 e. The van der Waals surface area contributed by atoms with Crippen LogP contribution in [0.15, 0.2) is 12.3 Å². The van der Waals surface area contributed by atoms with Crippen LogP contribution in [0.1, 0.15) is 32.8 Å². The Kier molecular flexibility index (Phi) is 4.69. The van der Waals surface area contributed by atoms with Crippen molar-refractivity contribution in [3.05, 3.63) is 17.8 Å². The normalized spacial score (nSPS) is 16.0. The Labute approximate surface area is 126 Å². The third-order valence-corrected chi connectivity index (χ3v) is 3.44. The Morgan fingerprint density at radius 2 is 1.95 bits per heavy atom. The number of amides is 1. The van der Waals surface area contributed by atoms with Gasteiger partial charge in [0, 0.05) is 37.3 Å². The molecule has 2 rings (SSSR count). The highest BCUT2D eigenvalue weighted by molar-refractivity contribution is 6.61. The van der Waals surface area contributed by atoms with Gasteiger partial charge < -0.3 is 9.31 Å². The van der Waals surface area contributed by atoms with Crippen molar-refractivity contribution >= 4 is 24.3 Å². The van der Waals surface area contributed by atoms with E-state index in [4.69, 9.17) is 9.31 Å². The van der Waals surface area contributed by atoms with Crippen LogP contribution in [0.2, 0.25) is 0 Å². The van der Waals surface area contributed by atoms with Crippen molar-refractivity contribution in [3.63, 3.8) is 0 Å². The van der Waals surface area contributed by atoms with E-state index < -0.39 is 5.41 Å². The Hall–Kier alpha value is -1.40. The van der Waals surface area contributed by atoms with Crippen molar-refractivity contribution in [2.24, 2.45) is 5.41 Å². The topological polar surface area (TPSA) is 51.7 Å². The third-order valence-electron chi connectivity index (χ3n) is 3.44. The van der Waals surface area contributed by atoms with E-state index in [1.165, 1.54) is 0 Å². The number of carbonyl (C=O) groups excluding carboxylic acids is 1.